The molecule has 0 radical (unpaired) electrons. The van der Waals surface area contributed by atoms with E-state index in [0.29, 0.717) is 27.8 Å². The minimum atomic E-state index is -4.87. The molecule has 2 aromatic carbocycles. The third-order valence-corrected chi connectivity index (χ3v) is 9.66. The summed E-state index contributed by atoms with van der Waals surface area (Å²) >= 11 is 1.22. The van der Waals surface area contributed by atoms with Crippen LogP contribution in [-0.4, -0.2) is 79.1 Å². The number of methoxy groups -OCH3 is 1. The van der Waals surface area contributed by atoms with Crippen LogP contribution in [0.15, 0.2) is 59.6 Å². The number of sulfonamides is 1. The molecule has 0 bridgehead atoms. The Balaban J connectivity index is 0.00000255. The molecule has 5 rings (SSSR count). The zero-order valence-electron chi connectivity index (χ0n) is 26.0. The Hall–Kier alpha value is -4.36. The van der Waals surface area contributed by atoms with Gasteiger partial charge in [-0.15, -0.1) is 18.3 Å². The molecule has 260 valence electrons. The monoisotopic (exact) mass is 718 g/mol. The van der Waals surface area contributed by atoms with E-state index < -0.39 is 40.2 Å². The molecule has 1 unspecified atom stereocenters. The topological polar surface area (TPSA) is 136 Å². The van der Waals surface area contributed by atoms with Gasteiger partial charge in [0.1, 0.15) is 27.8 Å². The average molecular weight is 719 g/mol. The van der Waals surface area contributed by atoms with Crippen LogP contribution in [0, 0.1) is 0 Å². The number of hydrogen-bond acceptors (Lipinski definition) is 11. The van der Waals surface area contributed by atoms with Gasteiger partial charge < -0.3 is 24.4 Å². The minimum absolute atomic E-state index is 0.129. The lowest BCUT2D eigenvalue weighted by atomic mass is 10.1. The number of carbonyl (C=O) groups excluding carboxylic acids is 1. The molecule has 0 spiro atoms. The number of fused-ring (bicyclic) bond motifs is 1. The maximum atomic E-state index is 13.8. The van der Waals surface area contributed by atoms with Crippen LogP contribution in [0.4, 0.5) is 27.1 Å². The van der Waals surface area contributed by atoms with Crippen LogP contribution >= 0.6 is 11.3 Å². The van der Waals surface area contributed by atoms with Crippen LogP contribution in [0.5, 0.6) is 17.4 Å². The lowest BCUT2D eigenvalue weighted by Crippen LogP contribution is -2.60. The van der Waals surface area contributed by atoms with Crippen LogP contribution in [-0.2, 0) is 21.4 Å². The second kappa shape index (κ2) is 14.8. The van der Waals surface area contributed by atoms with Gasteiger partial charge in [0.25, 0.3) is 5.88 Å². The summed E-state index contributed by atoms with van der Waals surface area (Å²) in [5.41, 5.74) is 0.910. The maximum absolute atomic E-state index is 13.8. The Morgan fingerprint density at radius 3 is 2.23 bits per heavy atom. The lowest BCUT2D eigenvalue weighted by molar-refractivity contribution is -0.274. The molecule has 0 saturated carbocycles. The van der Waals surface area contributed by atoms with Crippen LogP contribution in [0.3, 0.4) is 0 Å². The maximum Gasteiger partial charge on any atom is 0.573 e. The highest BCUT2D eigenvalue weighted by Gasteiger charge is 2.41. The Labute approximate surface area is 276 Å². The number of nitrogens with zero attached hydrogens (tertiary/aromatic N) is 5. The largest absolute Gasteiger partial charge is 0.573 e. The minimum Gasteiger partial charge on any atom is -0.479 e. The average Bonchev–Trinajstić information content (AvgIpc) is 3.49. The number of thiazole rings is 1. The standard InChI is InChI=1S/C27H25F5N6O6S2.C2H6/c1-26(28,29)43-17-7-9-19(10-8-17)46(40,41)38-12-11-37(25-35-20-14-34-36-24(42-2)22(20)45-25)15-21(38)23(39)33-13-16-3-5-18(6-4-16)44-27(30,31)32;1-2/h3-10,14,21H,11-13,15H2,1-2H3,(H,33,39);1-2H3. The first kappa shape index (κ1) is 36.5. The number of rotatable bonds is 10. The summed E-state index contributed by atoms with van der Waals surface area (Å²) in [6.45, 7) is 4.26. The Morgan fingerprint density at radius 2 is 1.62 bits per heavy atom. The number of halogens is 5. The van der Waals surface area contributed by atoms with Crippen LogP contribution in [0.2, 0.25) is 0 Å². The Kier molecular flexibility index (Phi) is 11.3. The van der Waals surface area contributed by atoms with Crippen molar-refractivity contribution in [2.45, 2.75) is 50.7 Å². The highest BCUT2D eigenvalue weighted by Crippen LogP contribution is 2.35. The summed E-state index contributed by atoms with van der Waals surface area (Å²) in [6.07, 6.45) is -6.91. The zero-order chi connectivity index (χ0) is 35.3. The lowest BCUT2D eigenvalue weighted by Gasteiger charge is -2.39. The van der Waals surface area contributed by atoms with Crippen LogP contribution < -0.4 is 24.4 Å². The van der Waals surface area contributed by atoms with Crippen molar-refractivity contribution in [3.8, 4) is 17.4 Å². The van der Waals surface area contributed by atoms with E-state index in [-0.39, 0.29) is 42.7 Å². The van der Waals surface area contributed by atoms with E-state index >= 15 is 0 Å². The SMILES string of the molecule is CC.COc1nncc2nc(N3CCN(S(=O)(=O)c4ccc(OC(C)(F)F)cc4)C(C(=O)NCc4ccc(OC(F)(F)F)cc4)C3)sc12. The zero-order valence-corrected chi connectivity index (χ0v) is 27.6. The number of nitrogens with one attached hydrogen (secondary N) is 1. The molecule has 1 amide bonds. The second-order valence-electron chi connectivity index (χ2n) is 9.93. The van der Waals surface area contributed by atoms with E-state index in [0.717, 1.165) is 40.7 Å². The highest BCUT2D eigenvalue weighted by atomic mass is 32.2. The molecule has 1 aliphatic heterocycles. The van der Waals surface area contributed by atoms with Gasteiger partial charge >= 0.3 is 12.5 Å². The number of benzene rings is 2. The fourth-order valence-corrected chi connectivity index (χ4v) is 7.20. The number of amides is 1. The van der Waals surface area contributed by atoms with Gasteiger partial charge in [0, 0.05) is 33.1 Å². The molecule has 48 heavy (non-hydrogen) atoms. The van der Waals surface area contributed by atoms with E-state index in [1.54, 1.807) is 4.90 Å². The fourth-order valence-electron chi connectivity index (χ4n) is 4.59. The molecular weight excluding hydrogens is 687 g/mol. The number of hydrogen-bond donors (Lipinski definition) is 1. The van der Waals surface area contributed by atoms with E-state index in [4.69, 9.17) is 4.74 Å². The van der Waals surface area contributed by atoms with Gasteiger partial charge in [-0.1, -0.05) is 37.3 Å². The molecular formula is C29H31F5N6O6S2. The molecule has 1 saturated heterocycles. The van der Waals surface area contributed by atoms with Crippen molar-refractivity contribution in [3.63, 3.8) is 0 Å². The second-order valence-corrected chi connectivity index (χ2v) is 12.8. The summed E-state index contributed by atoms with van der Waals surface area (Å²) in [7, 11) is -2.91. The molecule has 1 fully saturated rings. The van der Waals surface area contributed by atoms with Crippen molar-refractivity contribution in [2.75, 3.05) is 31.6 Å². The normalized spacial score (nSPS) is 15.8. The van der Waals surface area contributed by atoms with Gasteiger partial charge in [-0.2, -0.15) is 18.2 Å². The fraction of sp³-hybridized carbons (Fsp3) is 0.379. The Morgan fingerprint density at radius 1 is 1.00 bits per heavy atom. The predicted octanol–water partition coefficient (Wildman–Crippen LogP) is 5.21. The van der Waals surface area contributed by atoms with E-state index in [9.17, 15) is 35.2 Å². The van der Waals surface area contributed by atoms with Crippen molar-refractivity contribution in [1.82, 2.24) is 24.8 Å². The summed E-state index contributed by atoms with van der Waals surface area (Å²) < 4.78 is 107. The molecule has 2 aromatic heterocycles. The number of ether oxygens (including phenoxy) is 3. The van der Waals surface area contributed by atoms with Gasteiger partial charge in [0.2, 0.25) is 15.9 Å². The van der Waals surface area contributed by atoms with Crippen molar-refractivity contribution in [3.05, 3.63) is 60.3 Å². The van der Waals surface area contributed by atoms with Gasteiger partial charge in [0.15, 0.2) is 5.13 Å². The number of anilines is 1. The molecule has 4 aromatic rings. The summed E-state index contributed by atoms with van der Waals surface area (Å²) in [5, 5.41) is 10.9. The van der Waals surface area contributed by atoms with Gasteiger partial charge in [-0.3, -0.25) is 4.79 Å². The molecule has 1 aliphatic rings. The summed E-state index contributed by atoms with van der Waals surface area (Å²) in [5.74, 6) is -1.15. The van der Waals surface area contributed by atoms with Gasteiger partial charge in [0.05, 0.1) is 18.2 Å². The third-order valence-electron chi connectivity index (χ3n) is 6.61. The quantitative estimate of drug-likeness (QED) is 0.218. The molecule has 1 N–H and O–H groups in total. The van der Waals surface area contributed by atoms with Crippen molar-refractivity contribution >= 4 is 42.6 Å². The Bertz CT molecular complexity index is 1800. The summed E-state index contributed by atoms with van der Waals surface area (Å²) in [6, 6.07) is 7.88. The third kappa shape index (κ3) is 8.95. The van der Waals surface area contributed by atoms with E-state index in [1.165, 1.54) is 36.8 Å². The number of carbonyl (C=O) groups is 1. The molecule has 0 aliphatic carbocycles. The molecule has 12 nitrogen and oxygen atoms in total. The first-order valence-corrected chi connectivity index (χ1v) is 16.6. The van der Waals surface area contributed by atoms with Crippen molar-refractivity contribution in [1.29, 1.82) is 0 Å². The first-order valence-electron chi connectivity index (χ1n) is 14.4. The molecule has 19 heteroatoms. The highest BCUT2D eigenvalue weighted by molar-refractivity contribution is 7.89. The van der Waals surface area contributed by atoms with Crippen molar-refractivity contribution in [2.24, 2.45) is 0 Å². The molecule has 1 atom stereocenters. The van der Waals surface area contributed by atoms with Crippen LogP contribution in [0.1, 0.15) is 26.3 Å². The molecule has 3 heterocycles. The van der Waals surface area contributed by atoms with Gasteiger partial charge in [-0.05, 0) is 42.0 Å². The predicted molar refractivity (Wildman–Crippen MR) is 166 cm³/mol. The van der Waals surface area contributed by atoms with E-state index in [1.807, 2.05) is 13.8 Å². The van der Waals surface area contributed by atoms with Crippen molar-refractivity contribution < 1.29 is 49.4 Å². The number of aromatic nitrogens is 3. The first-order chi connectivity index (χ1) is 22.6. The number of alkyl halides is 5. The van der Waals surface area contributed by atoms with Gasteiger partial charge in [-0.25, -0.2) is 13.4 Å². The summed E-state index contributed by atoms with van der Waals surface area (Å²) in [4.78, 5) is 19.6. The van der Waals surface area contributed by atoms with E-state index in [2.05, 4.69) is 30.0 Å². The van der Waals surface area contributed by atoms with Crippen LogP contribution in [0.25, 0.3) is 10.2 Å². The smallest absolute Gasteiger partial charge is 0.479 e. The number of piperazine rings is 1.